The molecule has 3 saturated carbocycles. The molecule has 2 atom stereocenters. The Bertz CT molecular complexity index is 297. The Labute approximate surface area is 123 Å². The lowest BCUT2D eigenvalue weighted by Crippen LogP contribution is -2.64. The molecular formula is C17H31NO2. The van der Waals surface area contributed by atoms with Crippen molar-refractivity contribution in [2.45, 2.75) is 70.4 Å². The van der Waals surface area contributed by atoms with Crippen LogP contribution in [0.1, 0.15) is 58.3 Å². The molecule has 2 unspecified atom stereocenters. The van der Waals surface area contributed by atoms with E-state index in [-0.39, 0.29) is 0 Å². The fraction of sp³-hybridized carbons (Fsp3) is 1.00. The molecule has 1 spiro atoms. The Hall–Kier alpha value is -0.120. The van der Waals surface area contributed by atoms with Gasteiger partial charge in [-0.15, -0.1) is 0 Å². The SMILES string of the molecule is CCOC1CC(NCCOCC2CC2)C12CCCCC2. The summed E-state index contributed by atoms with van der Waals surface area (Å²) in [5.41, 5.74) is 0.449. The molecule has 116 valence electrons. The van der Waals surface area contributed by atoms with Crippen molar-refractivity contribution in [2.75, 3.05) is 26.4 Å². The van der Waals surface area contributed by atoms with Crippen LogP contribution in [0.25, 0.3) is 0 Å². The second kappa shape index (κ2) is 6.76. The first-order valence-corrected chi connectivity index (χ1v) is 8.78. The highest BCUT2D eigenvalue weighted by molar-refractivity contribution is 5.08. The lowest BCUT2D eigenvalue weighted by molar-refractivity contribution is -0.150. The van der Waals surface area contributed by atoms with Gasteiger partial charge in [0.1, 0.15) is 0 Å². The fourth-order valence-electron chi connectivity index (χ4n) is 4.19. The van der Waals surface area contributed by atoms with Crippen LogP contribution < -0.4 is 5.32 Å². The zero-order valence-electron chi connectivity index (χ0n) is 13.0. The fourth-order valence-corrected chi connectivity index (χ4v) is 4.19. The Morgan fingerprint density at radius 3 is 2.65 bits per heavy atom. The standard InChI is InChI=1S/C17H31NO2/c1-2-20-16-12-15(17(16)8-4-3-5-9-17)18-10-11-19-13-14-6-7-14/h14-16,18H,2-13H2,1H3. The first kappa shape index (κ1) is 14.8. The van der Waals surface area contributed by atoms with Crippen molar-refractivity contribution in [3.8, 4) is 0 Å². The van der Waals surface area contributed by atoms with E-state index in [2.05, 4.69) is 12.2 Å². The van der Waals surface area contributed by atoms with Crippen LogP contribution in [0, 0.1) is 11.3 Å². The van der Waals surface area contributed by atoms with Crippen molar-refractivity contribution in [3.63, 3.8) is 0 Å². The van der Waals surface area contributed by atoms with Gasteiger partial charge in [-0.3, -0.25) is 0 Å². The van der Waals surface area contributed by atoms with Gasteiger partial charge in [-0.1, -0.05) is 19.3 Å². The summed E-state index contributed by atoms with van der Waals surface area (Å²) >= 11 is 0. The first-order chi connectivity index (χ1) is 9.85. The Morgan fingerprint density at radius 1 is 1.15 bits per heavy atom. The lowest BCUT2D eigenvalue weighted by Gasteiger charge is -2.58. The van der Waals surface area contributed by atoms with Gasteiger partial charge in [0.25, 0.3) is 0 Å². The molecule has 0 aromatic heterocycles. The van der Waals surface area contributed by atoms with Crippen LogP contribution in [0.4, 0.5) is 0 Å². The van der Waals surface area contributed by atoms with Crippen LogP contribution in [-0.4, -0.2) is 38.5 Å². The summed E-state index contributed by atoms with van der Waals surface area (Å²) in [7, 11) is 0. The number of hydrogen-bond donors (Lipinski definition) is 1. The predicted molar refractivity (Wildman–Crippen MR) is 80.9 cm³/mol. The number of hydrogen-bond acceptors (Lipinski definition) is 3. The number of rotatable bonds is 8. The van der Waals surface area contributed by atoms with Crippen LogP contribution in [0.3, 0.4) is 0 Å². The van der Waals surface area contributed by atoms with Gasteiger partial charge in [0, 0.05) is 31.2 Å². The zero-order valence-corrected chi connectivity index (χ0v) is 13.0. The average molecular weight is 281 g/mol. The predicted octanol–water partition coefficient (Wildman–Crippen LogP) is 3.13. The molecule has 3 rings (SSSR count). The molecule has 0 saturated heterocycles. The molecule has 1 N–H and O–H groups in total. The van der Waals surface area contributed by atoms with E-state index in [1.165, 1.54) is 51.4 Å². The zero-order chi connectivity index (χ0) is 13.8. The van der Waals surface area contributed by atoms with Crippen molar-refractivity contribution in [1.29, 1.82) is 0 Å². The molecule has 0 aliphatic heterocycles. The van der Waals surface area contributed by atoms with E-state index in [0.29, 0.717) is 17.6 Å². The van der Waals surface area contributed by atoms with Gasteiger partial charge in [0.2, 0.25) is 0 Å². The third-order valence-corrected chi connectivity index (χ3v) is 5.62. The highest BCUT2D eigenvalue weighted by Crippen LogP contribution is 2.53. The average Bonchev–Trinajstić information content (AvgIpc) is 3.30. The van der Waals surface area contributed by atoms with Crippen LogP contribution in [0.5, 0.6) is 0 Å². The van der Waals surface area contributed by atoms with E-state index in [1.807, 2.05) is 0 Å². The molecule has 3 heteroatoms. The molecule has 3 aliphatic carbocycles. The molecule has 3 fully saturated rings. The highest BCUT2D eigenvalue weighted by Gasteiger charge is 2.55. The van der Waals surface area contributed by atoms with Crippen LogP contribution >= 0.6 is 0 Å². The van der Waals surface area contributed by atoms with E-state index >= 15 is 0 Å². The van der Waals surface area contributed by atoms with E-state index in [0.717, 1.165) is 32.3 Å². The summed E-state index contributed by atoms with van der Waals surface area (Å²) < 4.78 is 11.7. The maximum absolute atomic E-state index is 6.00. The second-order valence-corrected chi connectivity index (χ2v) is 7.00. The third-order valence-electron chi connectivity index (χ3n) is 5.62. The molecule has 0 heterocycles. The van der Waals surface area contributed by atoms with Gasteiger partial charge in [0.05, 0.1) is 12.7 Å². The molecule has 0 amide bonds. The largest absolute Gasteiger partial charge is 0.380 e. The highest BCUT2D eigenvalue weighted by atomic mass is 16.5. The lowest BCUT2D eigenvalue weighted by atomic mass is 9.55. The van der Waals surface area contributed by atoms with E-state index in [9.17, 15) is 0 Å². The molecule has 3 aliphatic rings. The van der Waals surface area contributed by atoms with Crippen molar-refractivity contribution in [2.24, 2.45) is 11.3 Å². The van der Waals surface area contributed by atoms with Gasteiger partial charge >= 0.3 is 0 Å². The second-order valence-electron chi connectivity index (χ2n) is 7.00. The minimum Gasteiger partial charge on any atom is -0.380 e. The quantitative estimate of drug-likeness (QED) is 0.693. The Balaban J connectivity index is 1.40. The summed E-state index contributed by atoms with van der Waals surface area (Å²) in [4.78, 5) is 0. The van der Waals surface area contributed by atoms with Gasteiger partial charge in [0.15, 0.2) is 0 Å². The molecule has 3 nitrogen and oxygen atoms in total. The van der Waals surface area contributed by atoms with E-state index < -0.39 is 0 Å². The third kappa shape index (κ3) is 3.20. The number of ether oxygens (including phenoxy) is 2. The summed E-state index contributed by atoms with van der Waals surface area (Å²) in [6.07, 6.45) is 11.4. The van der Waals surface area contributed by atoms with Crippen LogP contribution in [-0.2, 0) is 9.47 Å². The monoisotopic (exact) mass is 281 g/mol. The number of nitrogens with one attached hydrogen (secondary N) is 1. The molecule has 0 aromatic rings. The summed E-state index contributed by atoms with van der Waals surface area (Å²) in [5.74, 6) is 0.880. The Morgan fingerprint density at radius 2 is 1.95 bits per heavy atom. The van der Waals surface area contributed by atoms with Gasteiger partial charge < -0.3 is 14.8 Å². The van der Waals surface area contributed by atoms with E-state index in [4.69, 9.17) is 9.47 Å². The first-order valence-electron chi connectivity index (χ1n) is 8.78. The topological polar surface area (TPSA) is 30.5 Å². The van der Waals surface area contributed by atoms with Crippen molar-refractivity contribution < 1.29 is 9.47 Å². The van der Waals surface area contributed by atoms with Crippen LogP contribution in [0.2, 0.25) is 0 Å². The maximum atomic E-state index is 6.00. The van der Waals surface area contributed by atoms with Crippen molar-refractivity contribution in [3.05, 3.63) is 0 Å². The molecule has 0 radical (unpaired) electrons. The minimum absolute atomic E-state index is 0.449. The van der Waals surface area contributed by atoms with Gasteiger partial charge in [-0.2, -0.15) is 0 Å². The minimum atomic E-state index is 0.449. The maximum Gasteiger partial charge on any atom is 0.0661 e. The van der Waals surface area contributed by atoms with Crippen LogP contribution in [0.15, 0.2) is 0 Å². The van der Waals surface area contributed by atoms with E-state index in [1.54, 1.807) is 0 Å². The molecule has 20 heavy (non-hydrogen) atoms. The van der Waals surface area contributed by atoms with Gasteiger partial charge in [-0.25, -0.2) is 0 Å². The van der Waals surface area contributed by atoms with Crippen molar-refractivity contribution >= 4 is 0 Å². The molecular weight excluding hydrogens is 250 g/mol. The summed E-state index contributed by atoms with van der Waals surface area (Å²) in [5, 5.41) is 3.76. The summed E-state index contributed by atoms with van der Waals surface area (Å²) in [6, 6.07) is 0.670. The Kier molecular flexibility index (Phi) is 5.00. The van der Waals surface area contributed by atoms with Gasteiger partial charge in [-0.05, 0) is 44.9 Å². The van der Waals surface area contributed by atoms with Crippen molar-refractivity contribution in [1.82, 2.24) is 5.32 Å². The summed E-state index contributed by atoms with van der Waals surface area (Å²) in [6.45, 7) is 5.87. The normalized spacial score (nSPS) is 32.2. The molecule has 0 aromatic carbocycles. The smallest absolute Gasteiger partial charge is 0.0661 e. The molecule has 0 bridgehead atoms.